The lowest BCUT2D eigenvalue weighted by Crippen LogP contribution is -2.36. The van der Waals surface area contributed by atoms with Crippen molar-refractivity contribution in [3.8, 4) is 0 Å². The average Bonchev–Trinajstić information content (AvgIpc) is 2.46. The fourth-order valence-corrected chi connectivity index (χ4v) is 2.00. The van der Waals surface area contributed by atoms with Crippen molar-refractivity contribution in [2.45, 2.75) is 6.10 Å². The first kappa shape index (κ1) is 13.1. The Morgan fingerprint density at radius 3 is 2.72 bits per heavy atom. The first-order valence-corrected chi connectivity index (χ1v) is 6.26. The largest absolute Gasteiger partial charge is 0.394 e. The highest BCUT2D eigenvalue weighted by atomic mass is 16.5. The van der Waals surface area contributed by atoms with Crippen LogP contribution in [0.1, 0.15) is 0 Å². The Morgan fingerprint density at radius 1 is 1.28 bits per heavy atom. The summed E-state index contributed by atoms with van der Waals surface area (Å²) in [5, 5.41) is 21.4. The number of nitrogens with zero attached hydrogens (tertiary/aromatic N) is 1. The van der Waals surface area contributed by atoms with Crippen LogP contribution in [0.25, 0.3) is 0 Å². The predicted molar refractivity (Wildman–Crippen MR) is 71.1 cm³/mol. The van der Waals surface area contributed by atoms with Crippen molar-refractivity contribution < 1.29 is 14.9 Å². The first-order chi connectivity index (χ1) is 8.81. The molecule has 5 nitrogen and oxygen atoms in total. The summed E-state index contributed by atoms with van der Waals surface area (Å²) in [6.45, 7) is 3.36. The van der Waals surface area contributed by atoms with Gasteiger partial charge in [0.1, 0.15) is 0 Å². The van der Waals surface area contributed by atoms with E-state index < -0.39 is 6.10 Å². The lowest BCUT2D eigenvalue weighted by Gasteiger charge is -2.30. The molecule has 0 aromatic heterocycles. The molecule has 1 aliphatic heterocycles. The standard InChI is InChI=1S/C13H20N2O3/c16-10-11(17)9-14-12-3-1-2-4-13(12)15-5-7-18-8-6-15/h1-4,11,14,16-17H,5-10H2. The molecule has 1 aromatic carbocycles. The Hall–Kier alpha value is -1.30. The van der Waals surface area contributed by atoms with Crippen LogP contribution in [0.15, 0.2) is 24.3 Å². The van der Waals surface area contributed by atoms with Crippen molar-refractivity contribution in [2.24, 2.45) is 0 Å². The van der Waals surface area contributed by atoms with E-state index >= 15 is 0 Å². The molecule has 1 atom stereocenters. The number of ether oxygens (including phenoxy) is 1. The highest BCUT2D eigenvalue weighted by Crippen LogP contribution is 2.26. The van der Waals surface area contributed by atoms with E-state index in [0.717, 1.165) is 37.7 Å². The summed E-state index contributed by atoms with van der Waals surface area (Å²) in [6, 6.07) is 7.99. The third-order valence-electron chi connectivity index (χ3n) is 2.99. The smallest absolute Gasteiger partial charge is 0.0942 e. The molecule has 0 saturated carbocycles. The van der Waals surface area contributed by atoms with E-state index in [1.807, 2.05) is 18.2 Å². The first-order valence-electron chi connectivity index (χ1n) is 6.26. The van der Waals surface area contributed by atoms with Gasteiger partial charge in [-0.05, 0) is 12.1 Å². The number of rotatable bonds is 5. The molecule has 0 aliphatic carbocycles. The number of benzene rings is 1. The molecule has 1 aromatic rings. The van der Waals surface area contributed by atoms with E-state index in [2.05, 4.69) is 16.3 Å². The van der Waals surface area contributed by atoms with Crippen molar-refractivity contribution >= 4 is 11.4 Å². The molecule has 1 saturated heterocycles. The number of aliphatic hydroxyl groups excluding tert-OH is 2. The Morgan fingerprint density at radius 2 is 2.00 bits per heavy atom. The highest BCUT2D eigenvalue weighted by Gasteiger charge is 2.14. The van der Waals surface area contributed by atoms with Gasteiger partial charge in [0.05, 0.1) is 37.3 Å². The quantitative estimate of drug-likeness (QED) is 0.703. The average molecular weight is 252 g/mol. The molecule has 0 spiro atoms. The van der Waals surface area contributed by atoms with Gasteiger partial charge in [0.15, 0.2) is 0 Å². The minimum absolute atomic E-state index is 0.229. The normalized spacial score (nSPS) is 17.6. The minimum atomic E-state index is -0.734. The van der Waals surface area contributed by atoms with Gasteiger partial charge in [-0.15, -0.1) is 0 Å². The van der Waals surface area contributed by atoms with Gasteiger partial charge in [-0.3, -0.25) is 0 Å². The number of morpholine rings is 1. The molecule has 100 valence electrons. The van der Waals surface area contributed by atoms with Crippen molar-refractivity contribution in [1.29, 1.82) is 0 Å². The number of aliphatic hydroxyl groups is 2. The molecular formula is C13H20N2O3. The molecule has 0 radical (unpaired) electrons. The lowest BCUT2D eigenvalue weighted by atomic mass is 10.2. The molecule has 18 heavy (non-hydrogen) atoms. The van der Waals surface area contributed by atoms with Gasteiger partial charge in [-0.2, -0.15) is 0 Å². The van der Waals surface area contributed by atoms with Crippen molar-refractivity contribution in [3.05, 3.63) is 24.3 Å². The monoisotopic (exact) mass is 252 g/mol. The molecule has 3 N–H and O–H groups in total. The van der Waals surface area contributed by atoms with E-state index in [4.69, 9.17) is 9.84 Å². The van der Waals surface area contributed by atoms with E-state index in [-0.39, 0.29) is 6.61 Å². The van der Waals surface area contributed by atoms with Crippen LogP contribution in [0.5, 0.6) is 0 Å². The predicted octanol–water partition coefficient (Wildman–Crippen LogP) is 0.288. The fourth-order valence-electron chi connectivity index (χ4n) is 2.00. The van der Waals surface area contributed by atoms with Gasteiger partial charge in [0.25, 0.3) is 0 Å². The van der Waals surface area contributed by atoms with E-state index in [1.165, 1.54) is 0 Å². The Balaban J connectivity index is 2.04. The Bertz CT molecular complexity index is 367. The summed E-state index contributed by atoms with van der Waals surface area (Å²) in [7, 11) is 0. The van der Waals surface area contributed by atoms with Gasteiger partial charge in [-0.25, -0.2) is 0 Å². The molecule has 2 rings (SSSR count). The fraction of sp³-hybridized carbons (Fsp3) is 0.538. The number of hydrogen-bond donors (Lipinski definition) is 3. The maximum absolute atomic E-state index is 9.37. The van der Waals surface area contributed by atoms with Crippen molar-refractivity contribution in [2.75, 3.05) is 49.7 Å². The van der Waals surface area contributed by atoms with Gasteiger partial charge < -0.3 is 25.2 Å². The summed E-state index contributed by atoms with van der Waals surface area (Å²) in [5.74, 6) is 0. The second kappa shape index (κ2) is 6.58. The van der Waals surface area contributed by atoms with Gasteiger partial charge in [0.2, 0.25) is 0 Å². The third-order valence-corrected chi connectivity index (χ3v) is 2.99. The molecule has 1 fully saturated rings. The summed E-state index contributed by atoms with van der Waals surface area (Å²) >= 11 is 0. The SMILES string of the molecule is OCC(O)CNc1ccccc1N1CCOCC1. The van der Waals surface area contributed by atoms with Crippen LogP contribution < -0.4 is 10.2 Å². The maximum Gasteiger partial charge on any atom is 0.0942 e. The number of anilines is 2. The van der Waals surface area contributed by atoms with Gasteiger partial charge in [0, 0.05) is 19.6 Å². The van der Waals surface area contributed by atoms with Gasteiger partial charge in [-0.1, -0.05) is 12.1 Å². The van der Waals surface area contributed by atoms with Crippen LogP contribution in [0.4, 0.5) is 11.4 Å². The summed E-state index contributed by atoms with van der Waals surface area (Å²) in [5.41, 5.74) is 2.10. The van der Waals surface area contributed by atoms with E-state index in [1.54, 1.807) is 0 Å². The zero-order valence-corrected chi connectivity index (χ0v) is 10.4. The molecular weight excluding hydrogens is 232 g/mol. The summed E-state index contributed by atoms with van der Waals surface area (Å²) in [6.07, 6.45) is -0.734. The molecule has 5 heteroatoms. The van der Waals surface area contributed by atoms with Crippen LogP contribution in [0.3, 0.4) is 0 Å². The summed E-state index contributed by atoms with van der Waals surface area (Å²) in [4.78, 5) is 2.26. The number of hydrogen-bond acceptors (Lipinski definition) is 5. The second-order valence-corrected chi connectivity index (χ2v) is 4.33. The van der Waals surface area contributed by atoms with Crippen LogP contribution in [-0.2, 0) is 4.74 Å². The lowest BCUT2D eigenvalue weighted by molar-refractivity contribution is 0.105. The number of para-hydroxylation sites is 2. The maximum atomic E-state index is 9.37. The zero-order chi connectivity index (χ0) is 12.8. The van der Waals surface area contributed by atoms with E-state index in [0.29, 0.717) is 6.54 Å². The Labute approximate surface area is 107 Å². The zero-order valence-electron chi connectivity index (χ0n) is 10.4. The Kier molecular flexibility index (Phi) is 4.81. The summed E-state index contributed by atoms with van der Waals surface area (Å²) < 4.78 is 5.34. The highest BCUT2D eigenvalue weighted by molar-refractivity contribution is 5.70. The van der Waals surface area contributed by atoms with Crippen molar-refractivity contribution in [3.63, 3.8) is 0 Å². The molecule has 0 bridgehead atoms. The van der Waals surface area contributed by atoms with Crippen LogP contribution in [0, 0.1) is 0 Å². The van der Waals surface area contributed by atoms with E-state index in [9.17, 15) is 5.11 Å². The minimum Gasteiger partial charge on any atom is -0.394 e. The van der Waals surface area contributed by atoms with Crippen molar-refractivity contribution in [1.82, 2.24) is 0 Å². The molecule has 1 heterocycles. The molecule has 1 aliphatic rings. The second-order valence-electron chi connectivity index (χ2n) is 4.33. The number of nitrogens with one attached hydrogen (secondary N) is 1. The van der Waals surface area contributed by atoms with Crippen LogP contribution >= 0.6 is 0 Å². The third kappa shape index (κ3) is 3.35. The van der Waals surface area contributed by atoms with Crippen LogP contribution in [-0.4, -0.2) is 55.8 Å². The topological polar surface area (TPSA) is 65.0 Å². The van der Waals surface area contributed by atoms with Crippen LogP contribution in [0.2, 0.25) is 0 Å². The molecule has 1 unspecified atom stereocenters. The molecule has 0 amide bonds. The van der Waals surface area contributed by atoms with Gasteiger partial charge >= 0.3 is 0 Å².